The molecule has 12 heteroatoms. The minimum Gasteiger partial charge on any atom is -0.496 e. The second-order valence-electron chi connectivity index (χ2n) is 11.0. The van der Waals surface area contributed by atoms with Gasteiger partial charge in [-0.15, -0.1) is 0 Å². The summed E-state index contributed by atoms with van der Waals surface area (Å²) in [4.78, 5) is 45.5. The standard InChI is InChI=1S/2C17H18N2O4/c2*1-22-15-8-12-10(7-13(15)17(18)21)3-2-4-14(12)23-9-11-5-6-16(20)19-11/h2*2-4,7-8,11H,5-6,9H2,1H3,(H2,18,21)(H,19,20)/t2*11-/m00/s1. The summed E-state index contributed by atoms with van der Waals surface area (Å²) in [7, 11) is 2.98. The molecule has 2 heterocycles. The van der Waals surface area contributed by atoms with E-state index in [4.69, 9.17) is 30.4 Å². The van der Waals surface area contributed by atoms with E-state index >= 15 is 0 Å². The van der Waals surface area contributed by atoms with Crippen LogP contribution in [0.5, 0.6) is 23.0 Å². The molecule has 0 aromatic heterocycles. The highest BCUT2D eigenvalue weighted by molar-refractivity contribution is 6.03. The van der Waals surface area contributed by atoms with Crippen LogP contribution < -0.4 is 41.0 Å². The van der Waals surface area contributed by atoms with Gasteiger partial charge in [-0.1, -0.05) is 24.3 Å². The molecule has 4 aromatic carbocycles. The Morgan fingerprint density at radius 1 is 0.674 bits per heavy atom. The number of methoxy groups -OCH3 is 2. The third-order valence-corrected chi connectivity index (χ3v) is 7.90. The van der Waals surface area contributed by atoms with Gasteiger partial charge in [-0.2, -0.15) is 0 Å². The fourth-order valence-electron chi connectivity index (χ4n) is 5.51. The maximum Gasteiger partial charge on any atom is 0.252 e. The molecular weight excluding hydrogens is 592 g/mol. The minimum absolute atomic E-state index is 0.0320. The fraction of sp³-hybridized carbons (Fsp3) is 0.294. The molecule has 4 aromatic rings. The highest BCUT2D eigenvalue weighted by atomic mass is 16.5. The van der Waals surface area contributed by atoms with E-state index in [2.05, 4.69) is 10.6 Å². The van der Waals surface area contributed by atoms with Gasteiger partial charge in [0.1, 0.15) is 36.2 Å². The van der Waals surface area contributed by atoms with E-state index in [1.807, 2.05) is 36.4 Å². The molecule has 0 bridgehead atoms. The number of rotatable bonds is 10. The van der Waals surface area contributed by atoms with Gasteiger partial charge in [-0.3, -0.25) is 19.2 Å². The van der Waals surface area contributed by atoms with Crippen LogP contribution in [0.3, 0.4) is 0 Å². The Hall–Kier alpha value is -5.52. The Labute approximate surface area is 265 Å². The maximum absolute atomic E-state index is 11.5. The molecular formula is C34H36N4O8. The Bertz CT molecular complexity index is 1680. The zero-order chi connectivity index (χ0) is 32.8. The number of primary amides is 2. The highest BCUT2D eigenvalue weighted by Gasteiger charge is 2.23. The fourth-order valence-corrected chi connectivity index (χ4v) is 5.51. The molecule has 6 rings (SSSR count). The van der Waals surface area contributed by atoms with Gasteiger partial charge in [0.15, 0.2) is 0 Å². The summed E-state index contributed by atoms with van der Waals surface area (Å²) in [6.07, 6.45) is 2.64. The van der Waals surface area contributed by atoms with E-state index < -0.39 is 11.8 Å². The van der Waals surface area contributed by atoms with Gasteiger partial charge in [-0.25, -0.2) is 0 Å². The molecule has 2 fully saturated rings. The number of hydrogen-bond acceptors (Lipinski definition) is 8. The van der Waals surface area contributed by atoms with Crippen LogP contribution in [0, 0.1) is 0 Å². The second kappa shape index (κ2) is 14.1. The summed E-state index contributed by atoms with van der Waals surface area (Å²) in [5.41, 5.74) is 11.4. The molecule has 0 aliphatic carbocycles. The first kappa shape index (κ1) is 31.9. The molecule has 0 spiro atoms. The molecule has 0 radical (unpaired) electrons. The third kappa shape index (κ3) is 7.23. The predicted molar refractivity (Wildman–Crippen MR) is 171 cm³/mol. The summed E-state index contributed by atoms with van der Waals surface area (Å²) in [6.45, 7) is 0.815. The van der Waals surface area contributed by atoms with Crippen LogP contribution in [0.1, 0.15) is 46.4 Å². The average molecular weight is 629 g/mol. The first-order valence-corrected chi connectivity index (χ1v) is 14.8. The summed E-state index contributed by atoms with van der Waals surface area (Å²) in [5.74, 6) is 1.22. The number of fused-ring (bicyclic) bond motifs is 2. The number of hydrogen-bond donors (Lipinski definition) is 4. The van der Waals surface area contributed by atoms with E-state index in [0.717, 1.165) is 34.4 Å². The molecule has 0 saturated carbocycles. The summed E-state index contributed by atoms with van der Waals surface area (Å²) >= 11 is 0. The summed E-state index contributed by atoms with van der Waals surface area (Å²) < 4.78 is 22.2. The number of nitrogens with one attached hydrogen (secondary N) is 2. The zero-order valence-electron chi connectivity index (χ0n) is 25.6. The lowest BCUT2D eigenvalue weighted by Gasteiger charge is -2.15. The van der Waals surface area contributed by atoms with Crippen molar-refractivity contribution >= 4 is 45.2 Å². The molecule has 2 atom stereocenters. The van der Waals surface area contributed by atoms with Crippen molar-refractivity contribution in [1.82, 2.24) is 10.6 Å². The van der Waals surface area contributed by atoms with E-state index in [1.165, 1.54) is 14.2 Å². The average Bonchev–Trinajstić information content (AvgIpc) is 3.68. The van der Waals surface area contributed by atoms with Crippen LogP contribution in [-0.4, -0.2) is 63.1 Å². The Kier molecular flexibility index (Phi) is 9.75. The normalized spacial score (nSPS) is 17.1. The van der Waals surface area contributed by atoms with Crippen molar-refractivity contribution < 1.29 is 38.1 Å². The largest absolute Gasteiger partial charge is 0.496 e. The van der Waals surface area contributed by atoms with Crippen LogP contribution in [0.4, 0.5) is 0 Å². The van der Waals surface area contributed by atoms with Crippen molar-refractivity contribution in [3.63, 3.8) is 0 Å². The van der Waals surface area contributed by atoms with Crippen LogP contribution in [0.15, 0.2) is 60.7 Å². The molecule has 46 heavy (non-hydrogen) atoms. The lowest BCUT2D eigenvalue weighted by Crippen LogP contribution is -2.30. The van der Waals surface area contributed by atoms with Gasteiger partial charge in [0, 0.05) is 23.6 Å². The van der Waals surface area contributed by atoms with Crippen LogP contribution in [-0.2, 0) is 9.59 Å². The second-order valence-corrected chi connectivity index (χ2v) is 11.0. The smallest absolute Gasteiger partial charge is 0.252 e. The highest BCUT2D eigenvalue weighted by Crippen LogP contribution is 2.33. The van der Waals surface area contributed by atoms with Gasteiger partial charge < -0.3 is 41.0 Å². The molecule has 0 unspecified atom stereocenters. The molecule has 2 saturated heterocycles. The summed E-state index contributed by atoms with van der Waals surface area (Å²) in [6, 6.07) is 18.1. The van der Waals surface area contributed by atoms with Crippen molar-refractivity contribution in [2.24, 2.45) is 11.5 Å². The molecule has 12 nitrogen and oxygen atoms in total. The predicted octanol–water partition coefficient (Wildman–Crippen LogP) is 3.21. The lowest BCUT2D eigenvalue weighted by atomic mass is 10.0. The van der Waals surface area contributed by atoms with Crippen molar-refractivity contribution in [2.45, 2.75) is 37.8 Å². The molecule has 6 N–H and O–H groups in total. The van der Waals surface area contributed by atoms with Crippen LogP contribution in [0.25, 0.3) is 21.5 Å². The molecule has 2 aliphatic heterocycles. The third-order valence-electron chi connectivity index (χ3n) is 7.90. The van der Waals surface area contributed by atoms with Gasteiger partial charge in [0.2, 0.25) is 11.8 Å². The number of benzene rings is 4. The van der Waals surface area contributed by atoms with E-state index in [0.29, 0.717) is 60.2 Å². The maximum atomic E-state index is 11.5. The number of amides is 4. The molecule has 4 amide bonds. The van der Waals surface area contributed by atoms with Gasteiger partial charge >= 0.3 is 0 Å². The Morgan fingerprint density at radius 3 is 1.41 bits per heavy atom. The van der Waals surface area contributed by atoms with Gasteiger partial charge in [0.05, 0.1) is 37.4 Å². The number of carbonyl (C=O) groups excluding carboxylic acids is 4. The first-order chi connectivity index (χ1) is 22.2. The van der Waals surface area contributed by atoms with Crippen molar-refractivity contribution in [2.75, 3.05) is 27.4 Å². The molecule has 2 aliphatic rings. The number of ether oxygens (including phenoxy) is 4. The van der Waals surface area contributed by atoms with Gasteiger partial charge in [-0.05, 0) is 60.0 Å². The SMILES string of the molecule is COc1cc2c(OC[C@@H]3CCC(=O)N3)cccc2cc1C(N)=O.COc1cc2c(OC[C@@H]3CCC(=O)N3)cccc2cc1C(N)=O. The van der Waals surface area contributed by atoms with E-state index in [9.17, 15) is 19.2 Å². The Morgan fingerprint density at radius 2 is 1.09 bits per heavy atom. The number of nitrogens with two attached hydrogens (primary N) is 2. The summed E-state index contributed by atoms with van der Waals surface area (Å²) in [5, 5.41) is 9.08. The topological polar surface area (TPSA) is 181 Å². The van der Waals surface area contributed by atoms with Gasteiger partial charge in [0.25, 0.3) is 11.8 Å². The Balaban J connectivity index is 0.000000181. The first-order valence-electron chi connectivity index (χ1n) is 14.8. The minimum atomic E-state index is -0.538. The molecule has 240 valence electrons. The monoisotopic (exact) mass is 628 g/mol. The van der Waals surface area contributed by atoms with E-state index in [-0.39, 0.29) is 23.9 Å². The van der Waals surface area contributed by atoms with Crippen LogP contribution >= 0.6 is 0 Å². The number of carbonyl (C=O) groups is 4. The van der Waals surface area contributed by atoms with Crippen molar-refractivity contribution in [3.8, 4) is 23.0 Å². The van der Waals surface area contributed by atoms with Crippen molar-refractivity contribution in [1.29, 1.82) is 0 Å². The lowest BCUT2D eigenvalue weighted by molar-refractivity contribution is -0.120. The van der Waals surface area contributed by atoms with E-state index in [1.54, 1.807) is 24.3 Å². The zero-order valence-corrected chi connectivity index (χ0v) is 25.6. The quantitative estimate of drug-likeness (QED) is 0.207. The van der Waals surface area contributed by atoms with Crippen molar-refractivity contribution in [3.05, 3.63) is 71.8 Å². The van der Waals surface area contributed by atoms with Crippen LogP contribution in [0.2, 0.25) is 0 Å².